The van der Waals surface area contributed by atoms with Gasteiger partial charge < -0.3 is 15.0 Å². The standard InChI is InChI=1S/C17H16N6O4S/c1-22(2)16(25)11-3-5-12(6-4-11)19-14(24)9-27-17(26)15-13(7-8-28-15)23-10-18-20-21-23/h3-8,10H,9H2,1-2H3,(H,19,24). The van der Waals surface area contributed by atoms with Crippen molar-refractivity contribution in [3.63, 3.8) is 0 Å². The minimum atomic E-state index is -0.650. The lowest BCUT2D eigenvalue weighted by molar-refractivity contribution is -0.119. The van der Waals surface area contributed by atoms with Gasteiger partial charge >= 0.3 is 5.97 Å². The zero-order valence-corrected chi connectivity index (χ0v) is 15.8. The van der Waals surface area contributed by atoms with Crippen molar-refractivity contribution < 1.29 is 19.1 Å². The number of nitrogens with zero attached hydrogens (tertiary/aromatic N) is 5. The van der Waals surface area contributed by atoms with Crippen molar-refractivity contribution in [2.75, 3.05) is 26.0 Å². The van der Waals surface area contributed by atoms with Crippen LogP contribution in [0, 0.1) is 0 Å². The molecule has 10 nitrogen and oxygen atoms in total. The molecule has 1 aromatic carbocycles. The van der Waals surface area contributed by atoms with Gasteiger partial charge in [0.15, 0.2) is 6.61 Å². The molecule has 0 saturated heterocycles. The molecule has 0 fully saturated rings. The van der Waals surface area contributed by atoms with Crippen LogP contribution < -0.4 is 5.32 Å². The first-order chi connectivity index (χ1) is 13.5. The number of rotatable bonds is 6. The van der Waals surface area contributed by atoms with Crippen molar-refractivity contribution in [1.82, 2.24) is 25.1 Å². The molecule has 2 amide bonds. The van der Waals surface area contributed by atoms with E-state index in [0.29, 0.717) is 16.9 Å². The number of carbonyl (C=O) groups is 3. The van der Waals surface area contributed by atoms with Crippen LogP contribution in [0.4, 0.5) is 5.69 Å². The maximum Gasteiger partial charge on any atom is 0.351 e. The van der Waals surface area contributed by atoms with Gasteiger partial charge in [-0.2, -0.15) is 4.68 Å². The molecule has 0 aliphatic carbocycles. The van der Waals surface area contributed by atoms with Crippen molar-refractivity contribution in [2.45, 2.75) is 0 Å². The average molecular weight is 400 g/mol. The van der Waals surface area contributed by atoms with Crippen LogP contribution in [0.25, 0.3) is 5.69 Å². The Kier molecular flexibility index (Phi) is 5.75. The molecular weight excluding hydrogens is 384 g/mol. The van der Waals surface area contributed by atoms with Crippen LogP contribution in [0.3, 0.4) is 0 Å². The molecule has 0 radical (unpaired) electrons. The summed E-state index contributed by atoms with van der Waals surface area (Å²) in [7, 11) is 3.32. The van der Waals surface area contributed by atoms with E-state index in [9.17, 15) is 14.4 Å². The number of ether oxygens (including phenoxy) is 1. The summed E-state index contributed by atoms with van der Waals surface area (Å²) in [5, 5.41) is 15.1. The topological polar surface area (TPSA) is 119 Å². The molecule has 0 unspecified atom stereocenters. The Labute approximate surface area is 163 Å². The van der Waals surface area contributed by atoms with Gasteiger partial charge in [0.1, 0.15) is 11.2 Å². The largest absolute Gasteiger partial charge is 0.451 e. The fourth-order valence-corrected chi connectivity index (χ4v) is 3.03. The molecule has 0 spiro atoms. The van der Waals surface area contributed by atoms with Crippen LogP contribution in [0.2, 0.25) is 0 Å². The predicted molar refractivity (Wildman–Crippen MR) is 100 cm³/mol. The summed E-state index contributed by atoms with van der Waals surface area (Å²) in [6.45, 7) is -0.454. The first-order valence-corrected chi connectivity index (χ1v) is 8.93. The third kappa shape index (κ3) is 4.38. The molecule has 1 N–H and O–H groups in total. The Morgan fingerprint density at radius 1 is 1.18 bits per heavy atom. The van der Waals surface area contributed by atoms with Crippen LogP contribution in [0.15, 0.2) is 42.0 Å². The van der Waals surface area contributed by atoms with Crippen LogP contribution in [-0.2, 0) is 9.53 Å². The number of anilines is 1. The molecular formula is C17H16N6O4S. The molecule has 11 heteroatoms. The number of hydrogen-bond acceptors (Lipinski definition) is 8. The van der Waals surface area contributed by atoms with E-state index in [0.717, 1.165) is 11.3 Å². The summed E-state index contributed by atoms with van der Waals surface area (Å²) in [4.78, 5) is 37.9. The van der Waals surface area contributed by atoms with Crippen LogP contribution >= 0.6 is 11.3 Å². The molecule has 28 heavy (non-hydrogen) atoms. The van der Waals surface area contributed by atoms with Gasteiger partial charge in [-0.15, -0.1) is 16.4 Å². The molecule has 2 heterocycles. The number of aromatic nitrogens is 4. The summed E-state index contributed by atoms with van der Waals surface area (Å²) in [5.74, 6) is -1.29. The Bertz CT molecular complexity index is 982. The summed E-state index contributed by atoms with van der Waals surface area (Å²) < 4.78 is 6.41. The SMILES string of the molecule is CN(C)C(=O)c1ccc(NC(=O)COC(=O)c2sccc2-n2cnnn2)cc1. The third-order valence-electron chi connectivity index (χ3n) is 3.58. The van der Waals surface area contributed by atoms with Gasteiger partial charge in [0.25, 0.3) is 11.8 Å². The van der Waals surface area contributed by atoms with Crippen molar-refractivity contribution in [1.29, 1.82) is 0 Å². The number of carbonyl (C=O) groups excluding carboxylic acids is 3. The lowest BCUT2D eigenvalue weighted by atomic mass is 10.2. The van der Waals surface area contributed by atoms with Gasteiger partial charge in [0.2, 0.25) is 0 Å². The molecule has 0 bridgehead atoms. The lowest BCUT2D eigenvalue weighted by Crippen LogP contribution is -2.22. The van der Waals surface area contributed by atoms with E-state index < -0.39 is 18.5 Å². The number of esters is 1. The highest BCUT2D eigenvalue weighted by molar-refractivity contribution is 7.12. The lowest BCUT2D eigenvalue weighted by Gasteiger charge is -2.11. The second-order valence-corrected chi connectivity index (χ2v) is 6.71. The summed E-state index contributed by atoms with van der Waals surface area (Å²) in [5.41, 5.74) is 1.46. The minimum Gasteiger partial charge on any atom is -0.451 e. The molecule has 0 saturated carbocycles. The highest BCUT2D eigenvalue weighted by atomic mass is 32.1. The first kappa shape index (κ1) is 19.2. The van der Waals surface area contributed by atoms with E-state index >= 15 is 0 Å². The molecule has 144 valence electrons. The molecule has 3 aromatic rings. The van der Waals surface area contributed by atoms with Crippen LogP contribution in [0.5, 0.6) is 0 Å². The fraction of sp³-hybridized carbons (Fsp3) is 0.176. The van der Waals surface area contributed by atoms with E-state index in [1.807, 2.05) is 0 Å². The first-order valence-electron chi connectivity index (χ1n) is 8.05. The number of hydrogen-bond donors (Lipinski definition) is 1. The van der Waals surface area contributed by atoms with Gasteiger partial charge in [-0.1, -0.05) is 0 Å². The monoisotopic (exact) mass is 400 g/mol. The van der Waals surface area contributed by atoms with E-state index in [-0.39, 0.29) is 10.8 Å². The summed E-state index contributed by atoms with van der Waals surface area (Å²) >= 11 is 1.16. The maximum atomic E-state index is 12.2. The van der Waals surface area contributed by atoms with Crippen molar-refractivity contribution in [2.24, 2.45) is 0 Å². The van der Waals surface area contributed by atoms with Crippen molar-refractivity contribution in [3.05, 3.63) is 52.5 Å². The van der Waals surface area contributed by atoms with E-state index in [1.165, 1.54) is 15.9 Å². The van der Waals surface area contributed by atoms with Gasteiger partial charge in [-0.25, -0.2) is 4.79 Å². The molecule has 0 aliphatic heterocycles. The van der Waals surface area contributed by atoms with Crippen molar-refractivity contribution in [3.8, 4) is 5.69 Å². The Morgan fingerprint density at radius 2 is 1.93 bits per heavy atom. The summed E-state index contributed by atoms with van der Waals surface area (Å²) in [6.07, 6.45) is 1.36. The fourth-order valence-electron chi connectivity index (χ4n) is 2.26. The van der Waals surface area contributed by atoms with Gasteiger partial charge in [0, 0.05) is 25.3 Å². The smallest absolute Gasteiger partial charge is 0.351 e. The minimum absolute atomic E-state index is 0.138. The zero-order chi connectivity index (χ0) is 20.1. The third-order valence-corrected chi connectivity index (χ3v) is 4.47. The van der Waals surface area contributed by atoms with E-state index in [4.69, 9.17) is 4.74 Å². The highest BCUT2D eigenvalue weighted by Crippen LogP contribution is 2.21. The van der Waals surface area contributed by atoms with Crippen LogP contribution in [-0.4, -0.2) is 63.6 Å². The highest BCUT2D eigenvalue weighted by Gasteiger charge is 2.18. The second-order valence-electron chi connectivity index (χ2n) is 5.79. The van der Waals surface area contributed by atoms with E-state index in [1.54, 1.807) is 49.8 Å². The Balaban J connectivity index is 1.56. The van der Waals surface area contributed by atoms with E-state index in [2.05, 4.69) is 20.8 Å². The molecule has 0 atom stereocenters. The molecule has 3 rings (SSSR count). The normalized spacial score (nSPS) is 10.4. The predicted octanol–water partition coefficient (Wildman–Crippen LogP) is 1.22. The zero-order valence-electron chi connectivity index (χ0n) is 15.0. The Hall–Kier alpha value is -3.60. The second kappa shape index (κ2) is 8.39. The number of tetrazole rings is 1. The Morgan fingerprint density at radius 3 is 2.57 bits per heavy atom. The number of benzene rings is 1. The maximum absolute atomic E-state index is 12.2. The number of nitrogens with one attached hydrogen (secondary N) is 1. The average Bonchev–Trinajstić information content (AvgIpc) is 3.37. The molecule has 0 aliphatic rings. The number of amides is 2. The van der Waals surface area contributed by atoms with Gasteiger partial charge in [-0.05, 0) is 46.1 Å². The molecule has 2 aromatic heterocycles. The van der Waals surface area contributed by atoms with Crippen molar-refractivity contribution >= 4 is 34.8 Å². The summed E-state index contributed by atoms with van der Waals surface area (Å²) in [6, 6.07) is 8.09. The van der Waals surface area contributed by atoms with Gasteiger partial charge in [0.05, 0.1) is 5.69 Å². The van der Waals surface area contributed by atoms with Gasteiger partial charge in [-0.3, -0.25) is 9.59 Å². The van der Waals surface area contributed by atoms with Crippen LogP contribution in [0.1, 0.15) is 20.0 Å². The number of thiophene rings is 1. The quantitative estimate of drug-likeness (QED) is 0.618.